The number of carbonyl (C=O) groups excluding carboxylic acids is 3. The van der Waals surface area contributed by atoms with Gasteiger partial charge in [0.25, 0.3) is 0 Å². The molecule has 178 valence electrons. The molecule has 1 spiro atoms. The van der Waals surface area contributed by atoms with Gasteiger partial charge in [0.1, 0.15) is 18.8 Å². The Morgan fingerprint density at radius 2 is 1.59 bits per heavy atom. The quantitative estimate of drug-likeness (QED) is 0.357. The van der Waals surface area contributed by atoms with Crippen LogP contribution >= 0.6 is 0 Å². The van der Waals surface area contributed by atoms with Gasteiger partial charge in [-0.25, -0.2) is 0 Å². The number of carbonyl (C=O) groups is 3. The molecule has 4 aliphatic carbocycles. The van der Waals surface area contributed by atoms with Gasteiger partial charge >= 0.3 is 17.9 Å². The number of hydrogen-bond donors (Lipinski definition) is 0. The summed E-state index contributed by atoms with van der Waals surface area (Å²) in [4.78, 5) is 35.9. The Morgan fingerprint density at radius 3 is 2.22 bits per heavy atom. The fourth-order valence-corrected chi connectivity index (χ4v) is 8.31. The first-order valence-electron chi connectivity index (χ1n) is 12.1. The molecule has 6 nitrogen and oxygen atoms in total. The van der Waals surface area contributed by atoms with Crippen LogP contribution in [0, 0.1) is 34.0 Å². The average molecular weight is 447 g/mol. The Balaban J connectivity index is 1.79. The van der Waals surface area contributed by atoms with Gasteiger partial charge < -0.3 is 14.2 Å². The lowest BCUT2D eigenvalue weighted by Gasteiger charge is -2.66. The van der Waals surface area contributed by atoms with Crippen molar-refractivity contribution in [3.63, 3.8) is 0 Å². The lowest BCUT2D eigenvalue weighted by molar-refractivity contribution is -0.236. The van der Waals surface area contributed by atoms with Crippen LogP contribution in [-0.4, -0.2) is 36.7 Å². The summed E-state index contributed by atoms with van der Waals surface area (Å²) in [6.07, 6.45) is 7.60. The first kappa shape index (κ1) is 23.3. The monoisotopic (exact) mass is 446 g/mol. The largest absolute Gasteiger partial charge is 0.465 e. The SMILES string of the molecule is CC(=O)OC[C@]1(C)[C@H]2C[C@H](OC(C)=O)[C@]34C=C(C)[C@H](CC[C@H]3[C@]2(C)CC[C@H]1OC(C)=O)C4. The first-order chi connectivity index (χ1) is 14.9. The van der Waals surface area contributed by atoms with Crippen LogP contribution in [0.3, 0.4) is 0 Å². The Hall–Kier alpha value is -1.85. The highest BCUT2D eigenvalue weighted by molar-refractivity contribution is 5.67. The van der Waals surface area contributed by atoms with Crippen molar-refractivity contribution < 1.29 is 28.6 Å². The van der Waals surface area contributed by atoms with Crippen LogP contribution in [0.2, 0.25) is 0 Å². The minimum Gasteiger partial charge on any atom is -0.465 e. The lowest BCUT2D eigenvalue weighted by Crippen LogP contribution is -2.65. The summed E-state index contributed by atoms with van der Waals surface area (Å²) < 4.78 is 17.4. The maximum absolute atomic E-state index is 12.2. The normalized spacial score (nSPS) is 44.6. The van der Waals surface area contributed by atoms with E-state index in [1.165, 1.54) is 26.3 Å². The number of hydrogen-bond acceptors (Lipinski definition) is 6. The standard InChI is InChI=1S/C26H38O6/c1-15-12-26-13-19(15)7-8-20(26)24(5)10-9-22(31-17(3)28)25(6,14-30-16(2)27)21(24)11-23(26)32-18(4)29/h12,19-23H,7-11,13-14H2,1-6H3/t19-,20+,21+,22-,23+,24+,25-,26+/m1/s1. The van der Waals surface area contributed by atoms with E-state index >= 15 is 0 Å². The van der Waals surface area contributed by atoms with Gasteiger partial charge in [-0.1, -0.05) is 25.5 Å². The number of esters is 3. The predicted molar refractivity (Wildman–Crippen MR) is 118 cm³/mol. The topological polar surface area (TPSA) is 78.9 Å². The molecule has 3 fully saturated rings. The third kappa shape index (κ3) is 3.49. The van der Waals surface area contributed by atoms with Crippen LogP contribution in [0.1, 0.15) is 80.1 Å². The van der Waals surface area contributed by atoms with Crippen molar-refractivity contribution >= 4 is 17.9 Å². The number of fused-ring (bicyclic) bond motifs is 3. The zero-order valence-corrected chi connectivity index (χ0v) is 20.4. The Kier molecular flexibility index (Phi) is 5.74. The second kappa shape index (κ2) is 7.88. The molecule has 8 atom stereocenters. The van der Waals surface area contributed by atoms with Crippen molar-refractivity contribution in [2.24, 2.45) is 34.0 Å². The van der Waals surface area contributed by atoms with Crippen LogP contribution in [0.5, 0.6) is 0 Å². The van der Waals surface area contributed by atoms with Gasteiger partial charge in [-0.15, -0.1) is 0 Å². The second-order valence-corrected chi connectivity index (χ2v) is 11.3. The molecule has 2 bridgehead atoms. The van der Waals surface area contributed by atoms with Gasteiger partial charge in [0.05, 0.1) is 0 Å². The van der Waals surface area contributed by atoms with E-state index < -0.39 is 5.41 Å². The zero-order valence-electron chi connectivity index (χ0n) is 20.4. The lowest BCUT2D eigenvalue weighted by atomic mass is 9.40. The van der Waals surface area contributed by atoms with Crippen molar-refractivity contribution in [2.45, 2.75) is 92.3 Å². The van der Waals surface area contributed by atoms with E-state index in [1.54, 1.807) is 0 Å². The highest BCUT2D eigenvalue weighted by Crippen LogP contribution is 2.71. The van der Waals surface area contributed by atoms with Crippen molar-refractivity contribution in [1.82, 2.24) is 0 Å². The Bertz CT molecular complexity index is 847. The molecule has 0 N–H and O–H groups in total. The van der Waals surface area contributed by atoms with Crippen molar-refractivity contribution in [2.75, 3.05) is 6.61 Å². The van der Waals surface area contributed by atoms with E-state index in [1.807, 2.05) is 0 Å². The van der Waals surface area contributed by atoms with Gasteiger partial charge in [-0.3, -0.25) is 14.4 Å². The van der Waals surface area contributed by atoms with Gasteiger partial charge in [0.15, 0.2) is 0 Å². The molecule has 0 aliphatic heterocycles. The molecule has 0 unspecified atom stereocenters. The highest BCUT2D eigenvalue weighted by atomic mass is 16.6. The summed E-state index contributed by atoms with van der Waals surface area (Å²) in [7, 11) is 0. The van der Waals surface area contributed by atoms with Crippen LogP contribution < -0.4 is 0 Å². The smallest absolute Gasteiger partial charge is 0.302 e. The van der Waals surface area contributed by atoms with E-state index in [4.69, 9.17) is 14.2 Å². The molecular weight excluding hydrogens is 408 g/mol. The number of ether oxygens (including phenoxy) is 3. The third-order valence-electron chi connectivity index (χ3n) is 9.51. The average Bonchev–Trinajstić information content (AvgIpc) is 2.94. The molecule has 3 saturated carbocycles. The maximum Gasteiger partial charge on any atom is 0.302 e. The summed E-state index contributed by atoms with van der Waals surface area (Å²) in [5.74, 6) is 0.153. The van der Waals surface area contributed by atoms with E-state index in [2.05, 4.69) is 26.8 Å². The maximum atomic E-state index is 12.2. The van der Waals surface area contributed by atoms with Crippen molar-refractivity contribution in [3.8, 4) is 0 Å². The highest BCUT2D eigenvalue weighted by Gasteiger charge is 2.69. The number of allylic oxidation sites excluding steroid dienone is 1. The Morgan fingerprint density at radius 1 is 0.938 bits per heavy atom. The van der Waals surface area contributed by atoms with E-state index in [0.29, 0.717) is 18.3 Å². The minimum absolute atomic E-state index is 0.0196. The molecule has 0 amide bonds. The molecule has 4 rings (SSSR count). The van der Waals surface area contributed by atoms with Crippen LogP contribution in [-0.2, 0) is 28.6 Å². The van der Waals surface area contributed by atoms with Gasteiger partial charge in [0.2, 0.25) is 0 Å². The van der Waals surface area contributed by atoms with Gasteiger partial charge in [-0.2, -0.15) is 0 Å². The number of rotatable bonds is 4. The summed E-state index contributed by atoms with van der Waals surface area (Å²) >= 11 is 0. The van der Waals surface area contributed by atoms with Gasteiger partial charge in [-0.05, 0) is 68.6 Å². The molecule has 0 aromatic heterocycles. The van der Waals surface area contributed by atoms with E-state index in [-0.39, 0.29) is 53.5 Å². The van der Waals surface area contributed by atoms with Crippen LogP contribution in [0.4, 0.5) is 0 Å². The molecular formula is C26H38O6. The first-order valence-corrected chi connectivity index (χ1v) is 12.1. The van der Waals surface area contributed by atoms with Crippen LogP contribution in [0.15, 0.2) is 11.6 Å². The second-order valence-electron chi connectivity index (χ2n) is 11.3. The fourth-order valence-electron chi connectivity index (χ4n) is 8.31. The summed E-state index contributed by atoms with van der Waals surface area (Å²) in [5.41, 5.74) is 0.746. The molecule has 6 heteroatoms. The molecule has 0 heterocycles. The van der Waals surface area contributed by atoms with Crippen molar-refractivity contribution in [3.05, 3.63) is 11.6 Å². The Labute approximate surface area is 191 Å². The third-order valence-corrected chi connectivity index (χ3v) is 9.51. The molecule has 32 heavy (non-hydrogen) atoms. The fraction of sp³-hybridized carbons (Fsp3) is 0.808. The summed E-state index contributed by atoms with van der Waals surface area (Å²) in [6.45, 7) is 11.2. The molecule has 0 aromatic carbocycles. The predicted octanol–water partition coefficient (Wildman–Crippen LogP) is 4.60. The summed E-state index contributed by atoms with van der Waals surface area (Å²) in [5, 5.41) is 0. The minimum atomic E-state index is -0.543. The van der Waals surface area contributed by atoms with Crippen LogP contribution in [0.25, 0.3) is 0 Å². The van der Waals surface area contributed by atoms with E-state index in [9.17, 15) is 14.4 Å². The zero-order chi connectivity index (χ0) is 23.5. The van der Waals surface area contributed by atoms with Crippen molar-refractivity contribution in [1.29, 1.82) is 0 Å². The molecule has 0 aromatic rings. The molecule has 4 aliphatic rings. The van der Waals surface area contributed by atoms with Gasteiger partial charge in [0, 0.05) is 31.6 Å². The van der Waals surface area contributed by atoms with E-state index in [0.717, 1.165) is 32.1 Å². The summed E-state index contributed by atoms with van der Waals surface area (Å²) in [6, 6.07) is 0. The molecule has 0 radical (unpaired) electrons. The molecule has 0 saturated heterocycles.